The van der Waals surface area contributed by atoms with Crippen LogP contribution in [0.3, 0.4) is 0 Å². The summed E-state index contributed by atoms with van der Waals surface area (Å²) in [4.78, 5) is 8.02. The van der Waals surface area contributed by atoms with Crippen molar-refractivity contribution in [1.82, 2.24) is 9.97 Å². The summed E-state index contributed by atoms with van der Waals surface area (Å²) in [5, 5.41) is 22.5. The second kappa shape index (κ2) is 4.54. The fourth-order valence-electron chi connectivity index (χ4n) is 2.46. The molecule has 1 aromatic heterocycles. The minimum Gasteiger partial charge on any atom is -0.387 e. The van der Waals surface area contributed by atoms with Crippen molar-refractivity contribution in [3.05, 3.63) is 18.1 Å². The van der Waals surface area contributed by atoms with Gasteiger partial charge in [0.2, 0.25) is 0 Å². The van der Waals surface area contributed by atoms with E-state index >= 15 is 0 Å². The molecule has 1 saturated carbocycles. The second-order valence-corrected chi connectivity index (χ2v) is 5.52. The molecule has 2 rings (SSSR count). The number of hydrogen-bond donors (Lipinski definition) is 2. The second-order valence-electron chi connectivity index (χ2n) is 5.52. The molecule has 0 aromatic carbocycles. The van der Waals surface area contributed by atoms with Gasteiger partial charge in [-0.25, -0.2) is 4.98 Å². The lowest BCUT2D eigenvalue weighted by molar-refractivity contribution is -0.0303. The monoisotopic (exact) mass is 246 g/mol. The maximum Gasteiger partial charge on any atom is 0.161 e. The molecule has 1 aliphatic carbocycles. The zero-order valence-electron chi connectivity index (χ0n) is 10.8. The quantitative estimate of drug-likeness (QED) is 0.848. The molecule has 1 heterocycles. The van der Waals surface area contributed by atoms with E-state index in [1.807, 2.05) is 6.07 Å². The number of nitrogens with one attached hydrogen (secondary N) is 1. The number of aliphatic hydroxyl groups is 1. The summed E-state index contributed by atoms with van der Waals surface area (Å²) in [6, 6.07) is 1.94. The molecular formula is C13H18N4O. The van der Waals surface area contributed by atoms with Crippen LogP contribution >= 0.6 is 0 Å². The van der Waals surface area contributed by atoms with E-state index in [2.05, 4.69) is 29.1 Å². The van der Waals surface area contributed by atoms with Gasteiger partial charge in [0, 0.05) is 6.54 Å². The smallest absolute Gasteiger partial charge is 0.161 e. The predicted molar refractivity (Wildman–Crippen MR) is 67.8 cm³/mol. The molecule has 0 spiro atoms. The highest BCUT2D eigenvalue weighted by molar-refractivity contribution is 5.35. The summed E-state index contributed by atoms with van der Waals surface area (Å²) >= 11 is 0. The van der Waals surface area contributed by atoms with Gasteiger partial charge in [-0.15, -0.1) is 0 Å². The molecule has 1 aliphatic rings. The summed E-state index contributed by atoms with van der Waals surface area (Å²) in [6.07, 6.45) is 5.83. The lowest BCUT2D eigenvalue weighted by Gasteiger charge is -2.36. The Morgan fingerprint density at radius 3 is 2.83 bits per heavy atom. The number of anilines is 1. The number of nitriles is 1. The fraction of sp³-hybridized carbons (Fsp3) is 0.615. The van der Waals surface area contributed by atoms with Crippen LogP contribution in [0, 0.1) is 16.7 Å². The maximum absolute atomic E-state index is 10.6. The predicted octanol–water partition coefficient (Wildman–Crippen LogP) is 1.70. The summed E-state index contributed by atoms with van der Waals surface area (Å²) in [6.45, 7) is 4.60. The van der Waals surface area contributed by atoms with E-state index in [1.165, 1.54) is 6.20 Å². The highest BCUT2D eigenvalue weighted by Gasteiger charge is 2.47. The fourth-order valence-corrected chi connectivity index (χ4v) is 2.46. The first kappa shape index (κ1) is 12.8. The molecular weight excluding hydrogens is 228 g/mol. The van der Waals surface area contributed by atoms with Crippen molar-refractivity contribution in [2.75, 3.05) is 11.9 Å². The van der Waals surface area contributed by atoms with E-state index in [-0.39, 0.29) is 11.1 Å². The van der Waals surface area contributed by atoms with Crippen LogP contribution in [0.25, 0.3) is 0 Å². The minimum atomic E-state index is -0.725. The van der Waals surface area contributed by atoms with Crippen molar-refractivity contribution in [3.63, 3.8) is 0 Å². The van der Waals surface area contributed by atoms with Gasteiger partial charge in [0.25, 0.3) is 0 Å². The van der Waals surface area contributed by atoms with Gasteiger partial charge in [0.1, 0.15) is 11.9 Å². The van der Waals surface area contributed by atoms with Crippen molar-refractivity contribution >= 4 is 5.82 Å². The Balaban J connectivity index is 2.05. The van der Waals surface area contributed by atoms with Crippen molar-refractivity contribution in [1.29, 1.82) is 5.26 Å². The molecule has 0 amide bonds. The molecule has 5 nitrogen and oxygen atoms in total. The van der Waals surface area contributed by atoms with Gasteiger partial charge in [-0.2, -0.15) is 5.26 Å². The number of aromatic nitrogens is 2. The molecule has 96 valence electrons. The third-order valence-electron chi connectivity index (χ3n) is 3.96. The van der Waals surface area contributed by atoms with Crippen LogP contribution in [-0.2, 0) is 0 Å². The van der Waals surface area contributed by atoms with Crippen molar-refractivity contribution < 1.29 is 5.11 Å². The lowest BCUT2D eigenvalue weighted by atomic mass is 9.78. The van der Waals surface area contributed by atoms with Crippen molar-refractivity contribution in [2.45, 2.75) is 38.7 Å². The molecule has 2 N–H and O–H groups in total. The van der Waals surface area contributed by atoms with Gasteiger partial charge >= 0.3 is 0 Å². The summed E-state index contributed by atoms with van der Waals surface area (Å²) in [5.74, 6) is 0.533. The summed E-state index contributed by atoms with van der Waals surface area (Å²) in [7, 11) is 0. The van der Waals surface area contributed by atoms with Gasteiger partial charge in [0.15, 0.2) is 5.69 Å². The van der Waals surface area contributed by atoms with E-state index in [9.17, 15) is 5.11 Å². The Labute approximate surface area is 107 Å². The first-order chi connectivity index (χ1) is 8.47. The van der Waals surface area contributed by atoms with Crippen LogP contribution in [0.4, 0.5) is 5.82 Å². The molecule has 1 aromatic rings. The number of rotatable bonds is 3. The van der Waals surface area contributed by atoms with E-state index in [4.69, 9.17) is 5.26 Å². The number of hydrogen-bond acceptors (Lipinski definition) is 5. The topological polar surface area (TPSA) is 81.8 Å². The van der Waals surface area contributed by atoms with Gasteiger partial charge in [-0.1, -0.05) is 13.8 Å². The summed E-state index contributed by atoms with van der Waals surface area (Å²) in [5.41, 5.74) is -0.546. The zero-order chi connectivity index (χ0) is 13.2. The molecule has 0 aliphatic heterocycles. The molecule has 0 radical (unpaired) electrons. The Kier molecular flexibility index (Phi) is 3.22. The average Bonchev–Trinajstić information content (AvgIpc) is 2.62. The average molecular weight is 246 g/mol. The first-order valence-electron chi connectivity index (χ1n) is 6.15. The Morgan fingerprint density at radius 2 is 2.22 bits per heavy atom. The van der Waals surface area contributed by atoms with Crippen molar-refractivity contribution in [2.24, 2.45) is 5.41 Å². The highest BCUT2D eigenvalue weighted by Crippen LogP contribution is 2.45. The van der Waals surface area contributed by atoms with Crippen LogP contribution in [0.5, 0.6) is 0 Å². The van der Waals surface area contributed by atoms with Gasteiger partial charge < -0.3 is 10.4 Å². The Hall–Kier alpha value is -1.67. The molecule has 5 heteroatoms. The lowest BCUT2D eigenvalue weighted by Crippen LogP contribution is -2.45. The standard InChI is InChI=1S/C13H18N4O/c1-12(2)4-3-5-13(12,18)9-16-11-8-15-7-10(6-14)17-11/h7-8,18H,3-5,9H2,1-2H3,(H,16,17). The normalized spacial score (nSPS) is 25.7. The Morgan fingerprint density at radius 1 is 1.44 bits per heavy atom. The zero-order valence-corrected chi connectivity index (χ0v) is 10.8. The van der Waals surface area contributed by atoms with Gasteiger partial charge in [0.05, 0.1) is 18.0 Å². The van der Waals surface area contributed by atoms with Crippen molar-refractivity contribution in [3.8, 4) is 6.07 Å². The van der Waals surface area contributed by atoms with Crippen LogP contribution in [0.2, 0.25) is 0 Å². The highest BCUT2D eigenvalue weighted by atomic mass is 16.3. The Bertz CT molecular complexity index is 480. The minimum absolute atomic E-state index is 0.0970. The molecule has 0 saturated heterocycles. The van der Waals surface area contributed by atoms with Gasteiger partial charge in [-0.05, 0) is 24.7 Å². The van der Waals surface area contributed by atoms with Crippen LogP contribution < -0.4 is 5.32 Å². The van der Waals surface area contributed by atoms with Gasteiger partial charge in [-0.3, -0.25) is 4.98 Å². The van der Waals surface area contributed by atoms with Crippen LogP contribution in [-0.4, -0.2) is 27.2 Å². The van der Waals surface area contributed by atoms with E-state index in [0.29, 0.717) is 12.4 Å². The van der Waals surface area contributed by atoms with E-state index < -0.39 is 5.60 Å². The summed E-state index contributed by atoms with van der Waals surface area (Å²) < 4.78 is 0. The SMILES string of the molecule is CC1(C)CCCC1(O)CNc1cncc(C#N)n1. The van der Waals surface area contributed by atoms with E-state index in [0.717, 1.165) is 19.3 Å². The number of nitrogens with zero attached hydrogens (tertiary/aromatic N) is 3. The van der Waals surface area contributed by atoms with Crippen LogP contribution in [0.15, 0.2) is 12.4 Å². The molecule has 1 fully saturated rings. The molecule has 1 atom stereocenters. The third-order valence-corrected chi connectivity index (χ3v) is 3.96. The van der Waals surface area contributed by atoms with E-state index in [1.54, 1.807) is 6.20 Å². The molecule has 0 bridgehead atoms. The van der Waals surface area contributed by atoms with Crippen LogP contribution in [0.1, 0.15) is 38.8 Å². The maximum atomic E-state index is 10.6. The molecule has 1 unspecified atom stereocenters. The largest absolute Gasteiger partial charge is 0.387 e. The first-order valence-corrected chi connectivity index (χ1v) is 6.15. The molecule has 18 heavy (non-hydrogen) atoms. The third kappa shape index (κ3) is 2.29.